The number of nitriles is 1. The number of hydrogen-bond donors (Lipinski definition) is 1. The Morgan fingerprint density at radius 3 is 3.07 bits per heavy atom. The van der Waals surface area contributed by atoms with Gasteiger partial charge in [0.15, 0.2) is 5.69 Å². The van der Waals surface area contributed by atoms with E-state index < -0.39 is 0 Å². The second kappa shape index (κ2) is 4.96. The zero-order chi connectivity index (χ0) is 11.3. The lowest BCUT2D eigenvalue weighted by atomic mass is 10.3. The minimum Gasteiger partial charge on any atom is -0.363 e. The van der Waals surface area contributed by atoms with Gasteiger partial charge in [-0.15, -0.1) is 0 Å². The van der Waals surface area contributed by atoms with Crippen molar-refractivity contribution < 1.29 is 4.79 Å². The minimum atomic E-state index is -0.106. The van der Waals surface area contributed by atoms with Crippen LogP contribution in [0.15, 0.2) is 18.3 Å². The Balaban J connectivity index is 2.87. The van der Waals surface area contributed by atoms with Crippen molar-refractivity contribution in [3.8, 4) is 6.07 Å². The summed E-state index contributed by atoms with van der Waals surface area (Å²) in [5.74, 6) is -0.106. The fraction of sp³-hybridized carbons (Fsp3) is 0.300. The highest BCUT2D eigenvalue weighted by Crippen LogP contribution is 2.14. The smallest absolute Gasteiger partial charge is 0.239 e. The summed E-state index contributed by atoms with van der Waals surface area (Å²) in [4.78, 5) is 16.7. The van der Waals surface area contributed by atoms with Gasteiger partial charge in [-0.3, -0.25) is 4.79 Å². The molecule has 0 aliphatic heterocycles. The van der Waals surface area contributed by atoms with Crippen LogP contribution in [-0.2, 0) is 4.79 Å². The molecule has 1 aromatic rings. The molecule has 0 aliphatic rings. The number of carbonyl (C=O) groups excluding carboxylic acids is 1. The van der Waals surface area contributed by atoms with Crippen LogP contribution in [0, 0.1) is 11.3 Å². The highest BCUT2D eigenvalue weighted by Gasteiger charge is 2.10. The van der Waals surface area contributed by atoms with Gasteiger partial charge in [-0.1, -0.05) is 0 Å². The number of amides is 1. The maximum atomic E-state index is 11.1. The predicted octanol–water partition coefficient (Wildman–Crippen LogP) is 0.135. The van der Waals surface area contributed by atoms with E-state index in [0.717, 1.165) is 0 Å². The van der Waals surface area contributed by atoms with E-state index in [9.17, 15) is 4.79 Å². The van der Waals surface area contributed by atoms with E-state index in [1.54, 1.807) is 37.3 Å². The van der Waals surface area contributed by atoms with Gasteiger partial charge in [0, 0.05) is 20.3 Å². The van der Waals surface area contributed by atoms with Crippen LogP contribution < -0.4 is 10.2 Å². The fourth-order valence-electron chi connectivity index (χ4n) is 1.17. The largest absolute Gasteiger partial charge is 0.363 e. The van der Waals surface area contributed by atoms with Gasteiger partial charge in [0.2, 0.25) is 5.91 Å². The van der Waals surface area contributed by atoms with Crippen LogP contribution in [0.2, 0.25) is 0 Å². The molecule has 78 valence electrons. The summed E-state index contributed by atoms with van der Waals surface area (Å²) in [6.07, 6.45) is 1.55. The molecule has 1 rings (SSSR count). The maximum Gasteiger partial charge on any atom is 0.239 e. The first-order chi connectivity index (χ1) is 7.19. The topological polar surface area (TPSA) is 69.0 Å². The number of pyridine rings is 1. The molecule has 0 unspecified atom stereocenters. The summed E-state index contributed by atoms with van der Waals surface area (Å²) in [6.45, 7) is 0.205. The van der Waals surface area contributed by atoms with Crippen LogP contribution in [0.3, 0.4) is 0 Å². The molecule has 0 atom stereocenters. The molecule has 15 heavy (non-hydrogen) atoms. The Morgan fingerprint density at radius 1 is 1.73 bits per heavy atom. The average Bonchev–Trinajstić information content (AvgIpc) is 2.28. The molecular weight excluding hydrogens is 192 g/mol. The lowest BCUT2D eigenvalue weighted by Crippen LogP contribution is -2.33. The van der Waals surface area contributed by atoms with Crippen LogP contribution in [0.4, 0.5) is 5.69 Å². The van der Waals surface area contributed by atoms with Crippen molar-refractivity contribution in [1.29, 1.82) is 5.26 Å². The summed E-state index contributed by atoms with van der Waals surface area (Å²) < 4.78 is 0. The zero-order valence-corrected chi connectivity index (χ0v) is 8.69. The van der Waals surface area contributed by atoms with Gasteiger partial charge in [0.25, 0.3) is 0 Å². The number of rotatable bonds is 3. The third-order valence-corrected chi connectivity index (χ3v) is 1.96. The Hall–Kier alpha value is -2.09. The molecule has 1 N–H and O–H groups in total. The molecule has 1 heterocycles. The second-order valence-electron chi connectivity index (χ2n) is 3.01. The highest BCUT2D eigenvalue weighted by atomic mass is 16.1. The Kier molecular flexibility index (Phi) is 3.63. The molecule has 0 aliphatic carbocycles. The van der Waals surface area contributed by atoms with E-state index in [0.29, 0.717) is 11.4 Å². The van der Waals surface area contributed by atoms with Crippen molar-refractivity contribution in [2.75, 3.05) is 25.5 Å². The number of carbonyl (C=O) groups is 1. The van der Waals surface area contributed by atoms with Gasteiger partial charge in [0.1, 0.15) is 6.07 Å². The molecule has 0 radical (unpaired) electrons. The third kappa shape index (κ3) is 2.68. The lowest BCUT2D eigenvalue weighted by molar-refractivity contribution is -0.119. The van der Waals surface area contributed by atoms with Gasteiger partial charge in [0.05, 0.1) is 12.2 Å². The van der Waals surface area contributed by atoms with Gasteiger partial charge < -0.3 is 10.2 Å². The molecule has 1 aromatic heterocycles. The standard InChI is InChI=1S/C10H12N4O/c1-12-10(15)7-14(2)9-4-3-5-13-8(9)6-11/h3-5H,7H2,1-2H3,(H,12,15). The molecular formula is C10H12N4O. The quantitative estimate of drug-likeness (QED) is 0.760. The summed E-state index contributed by atoms with van der Waals surface area (Å²) in [5.41, 5.74) is 0.979. The molecule has 0 fully saturated rings. The summed E-state index contributed by atoms with van der Waals surface area (Å²) in [5, 5.41) is 11.3. The first kappa shape index (κ1) is 11.0. The maximum absolute atomic E-state index is 11.1. The third-order valence-electron chi connectivity index (χ3n) is 1.96. The van der Waals surface area contributed by atoms with Crippen molar-refractivity contribution in [1.82, 2.24) is 10.3 Å². The first-order valence-corrected chi connectivity index (χ1v) is 4.46. The number of hydrogen-bond acceptors (Lipinski definition) is 4. The van der Waals surface area contributed by atoms with Crippen molar-refractivity contribution in [2.24, 2.45) is 0 Å². The number of nitrogens with zero attached hydrogens (tertiary/aromatic N) is 3. The molecule has 1 amide bonds. The van der Waals surface area contributed by atoms with E-state index in [1.807, 2.05) is 6.07 Å². The van der Waals surface area contributed by atoms with E-state index in [1.165, 1.54) is 0 Å². The summed E-state index contributed by atoms with van der Waals surface area (Å²) in [7, 11) is 3.32. The van der Waals surface area contributed by atoms with Crippen LogP contribution in [0.25, 0.3) is 0 Å². The van der Waals surface area contributed by atoms with Crippen LogP contribution in [-0.4, -0.2) is 31.5 Å². The monoisotopic (exact) mass is 204 g/mol. The molecule has 0 aromatic carbocycles. The van der Waals surface area contributed by atoms with E-state index >= 15 is 0 Å². The van der Waals surface area contributed by atoms with Crippen molar-refractivity contribution in [3.05, 3.63) is 24.0 Å². The SMILES string of the molecule is CNC(=O)CN(C)c1cccnc1C#N. The van der Waals surface area contributed by atoms with Crippen LogP contribution >= 0.6 is 0 Å². The predicted molar refractivity (Wildman–Crippen MR) is 56.3 cm³/mol. The summed E-state index contributed by atoms with van der Waals surface area (Å²) in [6, 6.07) is 5.47. The molecule has 0 saturated carbocycles. The first-order valence-electron chi connectivity index (χ1n) is 4.46. The van der Waals surface area contributed by atoms with Crippen LogP contribution in [0.5, 0.6) is 0 Å². The number of nitrogens with one attached hydrogen (secondary N) is 1. The highest BCUT2D eigenvalue weighted by molar-refractivity contribution is 5.81. The van der Waals surface area contributed by atoms with Gasteiger partial charge in [-0.05, 0) is 12.1 Å². The summed E-state index contributed by atoms with van der Waals surface area (Å²) >= 11 is 0. The van der Waals surface area contributed by atoms with E-state index in [4.69, 9.17) is 5.26 Å². The number of aromatic nitrogens is 1. The molecule has 0 spiro atoms. The number of anilines is 1. The van der Waals surface area contributed by atoms with E-state index in [-0.39, 0.29) is 12.5 Å². The van der Waals surface area contributed by atoms with Crippen molar-refractivity contribution >= 4 is 11.6 Å². The van der Waals surface area contributed by atoms with Crippen LogP contribution in [0.1, 0.15) is 5.69 Å². The fourth-order valence-corrected chi connectivity index (χ4v) is 1.17. The lowest BCUT2D eigenvalue weighted by Gasteiger charge is -2.18. The second-order valence-corrected chi connectivity index (χ2v) is 3.01. The minimum absolute atomic E-state index is 0.106. The Labute approximate surface area is 88.3 Å². The van der Waals surface area contributed by atoms with Crippen molar-refractivity contribution in [3.63, 3.8) is 0 Å². The zero-order valence-electron chi connectivity index (χ0n) is 8.69. The van der Waals surface area contributed by atoms with Crippen molar-refractivity contribution in [2.45, 2.75) is 0 Å². The molecule has 5 nitrogen and oxygen atoms in total. The van der Waals surface area contributed by atoms with Gasteiger partial charge in [-0.25, -0.2) is 4.98 Å². The molecule has 0 bridgehead atoms. The Morgan fingerprint density at radius 2 is 2.47 bits per heavy atom. The van der Waals surface area contributed by atoms with Gasteiger partial charge >= 0.3 is 0 Å². The molecule has 0 saturated heterocycles. The average molecular weight is 204 g/mol. The number of likely N-dealkylation sites (N-methyl/N-ethyl adjacent to an activating group) is 2. The Bertz CT molecular complexity index is 397. The van der Waals surface area contributed by atoms with E-state index in [2.05, 4.69) is 10.3 Å². The normalized spacial score (nSPS) is 9.13. The molecule has 5 heteroatoms. The van der Waals surface area contributed by atoms with Gasteiger partial charge in [-0.2, -0.15) is 5.26 Å².